The molecule has 1 rings (SSSR count). The number of amides is 1. The summed E-state index contributed by atoms with van der Waals surface area (Å²) < 4.78 is 12.1. The molecule has 1 amide bonds. The monoisotopic (exact) mass is 316 g/mol. The van der Waals surface area contributed by atoms with Crippen LogP contribution in [0.25, 0.3) is 0 Å². The smallest absolute Gasteiger partial charge is 0.239 e. The van der Waals surface area contributed by atoms with Crippen LogP contribution in [0.4, 0.5) is 11.4 Å². The number of carbonyl (C=O) groups is 1. The van der Waals surface area contributed by atoms with E-state index in [9.17, 15) is 9.00 Å². The van der Waals surface area contributed by atoms with Crippen LogP contribution in [-0.2, 0) is 15.6 Å². The molecule has 3 atom stereocenters. The lowest BCUT2D eigenvalue weighted by Crippen LogP contribution is -2.31. The van der Waals surface area contributed by atoms with Crippen LogP contribution in [0.1, 0.15) is 27.2 Å². The van der Waals surface area contributed by atoms with Gasteiger partial charge < -0.3 is 11.1 Å². The zero-order chi connectivity index (χ0) is 15.3. The molecule has 0 aromatic heterocycles. The first-order valence-electron chi connectivity index (χ1n) is 6.58. The Bertz CT molecular complexity index is 508. The number of rotatable bonds is 6. The van der Waals surface area contributed by atoms with E-state index in [1.54, 1.807) is 25.1 Å². The minimum atomic E-state index is -1.18. The van der Waals surface area contributed by atoms with Crippen molar-refractivity contribution in [3.8, 4) is 0 Å². The molecule has 1 aromatic rings. The molecular weight excluding hydrogens is 296 g/mol. The van der Waals surface area contributed by atoms with Gasteiger partial charge in [-0.2, -0.15) is 0 Å². The zero-order valence-electron chi connectivity index (χ0n) is 12.0. The van der Waals surface area contributed by atoms with Crippen molar-refractivity contribution in [3.63, 3.8) is 0 Å². The van der Waals surface area contributed by atoms with Gasteiger partial charge in [0.2, 0.25) is 5.91 Å². The number of benzene rings is 1. The molecule has 3 unspecified atom stereocenters. The first-order valence-corrected chi connectivity index (χ1v) is 8.34. The van der Waals surface area contributed by atoms with Gasteiger partial charge in [0.1, 0.15) is 5.25 Å². The summed E-state index contributed by atoms with van der Waals surface area (Å²) in [6, 6.07) is 4.87. The van der Waals surface area contributed by atoms with Crippen molar-refractivity contribution in [2.24, 2.45) is 5.92 Å². The van der Waals surface area contributed by atoms with Crippen LogP contribution in [0.3, 0.4) is 0 Å². The Morgan fingerprint density at radius 1 is 1.45 bits per heavy atom. The highest BCUT2D eigenvalue weighted by atomic mass is 35.5. The molecule has 0 saturated carbocycles. The van der Waals surface area contributed by atoms with E-state index in [0.717, 1.165) is 6.42 Å². The van der Waals surface area contributed by atoms with E-state index in [4.69, 9.17) is 17.3 Å². The second kappa shape index (κ2) is 7.64. The predicted octanol–water partition coefficient (Wildman–Crippen LogP) is 3.04. The van der Waals surface area contributed by atoms with Crippen LogP contribution < -0.4 is 11.1 Å². The normalized spacial score (nSPS) is 15.4. The molecule has 0 aliphatic rings. The SMILES string of the molecule is CCC(C)CS(=O)C(C)C(=O)Nc1ccc(Cl)c(N)c1. The lowest BCUT2D eigenvalue weighted by atomic mass is 10.2. The molecule has 0 radical (unpaired) electrons. The second-order valence-corrected chi connectivity index (χ2v) is 7.14. The van der Waals surface area contributed by atoms with E-state index in [1.807, 2.05) is 13.8 Å². The van der Waals surface area contributed by atoms with Gasteiger partial charge in [-0.25, -0.2) is 0 Å². The topological polar surface area (TPSA) is 72.2 Å². The van der Waals surface area contributed by atoms with Crippen molar-refractivity contribution in [3.05, 3.63) is 23.2 Å². The van der Waals surface area contributed by atoms with Gasteiger partial charge in [-0.1, -0.05) is 31.9 Å². The third-order valence-electron chi connectivity index (χ3n) is 3.17. The minimum absolute atomic E-state index is 0.270. The van der Waals surface area contributed by atoms with Gasteiger partial charge >= 0.3 is 0 Å². The molecule has 0 aliphatic carbocycles. The molecule has 0 fully saturated rings. The van der Waals surface area contributed by atoms with Gasteiger partial charge in [0.05, 0.1) is 10.7 Å². The lowest BCUT2D eigenvalue weighted by Gasteiger charge is -2.15. The molecule has 3 N–H and O–H groups in total. The average molecular weight is 317 g/mol. The Labute approximate surface area is 127 Å². The molecular formula is C14H21ClN2O2S. The molecule has 0 saturated heterocycles. The maximum Gasteiger partial charge on any atom is 0.239 e. The number of anilines is 2. The number of hydrogen-bond acceptors (Lipinski definition) is 3. The number of carbonyl (C=O) groups excluding carboxylic acids is 1. The summed E-state index contributed by atoms with van der Waals surface area (Å²) in [5, 5.41) is 2.60. The van der Waals surface area contributed by atoms with Crippen molar-refractivity contribution in [1.29, 1.82) is 0 Å². The third-order valence-corrected chi connectivity index (χ3v) is 5.42. The third kappa shape index (κ3) is 4.80. The van der Waals surface area contributed by atoms with Crippen LogP contribution in [0.5, 0.6) is 0 Å². The number of nitrogen functional groups attached to an aromatic ring is 1. The van der Waals surface area contributed by atoms with Crippen molar-refractivity contribution in [1.82, 2.24) is 0 Å². The second-order valence-electron chi connectivity index (χ2n) is 4.93. The van der Waals surface area contributed by atoms with Crippen molar-refractivity contribution >= 4 is 39.7 Å². The van der Waals surface area contributed by atoms with Gasteiger partial charge in [-0.3, -0.25) is 9.00 Å². The van der Waals surface area contributed by atoms with E-state index < -0.39 is 16.0 Å². The van der Waals surface area contributed by atoms with Crippen LogP contribution in [-0.4, -0.2) is 21.1 Å². The summed E-state index contributed by atoms with van der Waals surface area (Å²) >= 11 is 5.82. The summed E-state index contributed by atoms with van der Waals surface area (Å²) in [6.07, 6.45) is 0.952. The maximum atomic E-state index is 12.1. The van der Waals surface area contributed by atoms with E-state index >= 15 is 0 Å². The van der Waals surface area contributed by atoms with Crippen LogP contribution in [0.15, 0.2) is 18.2 Å². The van der Waals surface area contributed by atoms with Crippen LogP contribution in [0.2, 0.25) is 5.02 Å². The number of halogens is 1. The van der Waals surface area contributed by atoms with Gasteiger partial charge in [0.15, 0.2) is 0 Å². The average Bonchev–Trinajstić information content (AvgIpc) is 2.41. The highest BCUT2D eigenvalue weighted by Gasteiger charge is 2.21. The summed E-state index contributed by atoms with van der Waals surface area (Å²) in [5.74, 6) is 0.610. The predicted molar refractivity (Wildman–Crippen MR) is 86.4 cm³/mol. The number of nitrogens with one attached hydrogen (secondary N) is 1. The highest BCUT2D eigenvalue weighted by Crippen LogP contribution is 2.22. The molecule has 0 bridgehead atoms. The molecule has 20 heavy (non-hydrogen) atoms. The Morgan fingerprint density at radius 3 is 2.65 bits per heavy atom. The van der Waals surface area contributed by atoms with Crippen molar-refractivity contribution in [2.45, 2.75) is 32.4 Å². The summed E-state index contributed by atoms with van der Waals surface area (Å²) in [4.78, 5) is 12.0. The van der Waals surface area contributed by atoms with Crippen molar-refractivity contribution < 1.29 is 9.00 Å². The lowest BCUT2D eigenvalue weighted by molar-refractivity contribution is -0.115. The number of hydrogen-bond donors (Lipinski definition) is 2. The molecule has 1 aromatic carbocycles. The molecule has 0 heterocycles. The minimum Gasteiger partial charge on any atom is -0.397 e. The zero-order valence-corrected chi connectivity index (χ0v) is 13.6. The van der Waals surface area contributed by atoms with E-state index in [1.165, 1.54) is 0 Å². The Morgan fingerprint density at radius 2 is 2.10 bits per heavy atom. The van der Waals surface area contributed by atoms with Gasteiger partial charge in [-0.15, -0.1) is 0 Å². The quantitative estimate of drug-likeness (QED) is 0.792. The van der Waals surface area contributed by atoms with Gasteiger partial charge in [0.25, 0.3) is 0 Å². The van der Waals surface area contributed by atoms with E-state index in [0.29, 0.717) is 28.1 Å². The summed E-state index contributed by atoms with van der Waals surface area (Å²) in [5.41, 5.74) is 6.63. The largest absolute Gasteiger partial charge is 0.397 e. The maximum absolute atomic E-state index is 12.1. The fourth-order valence-corrected chi connectivity index (χ4v) is 3.03. The highest BCUT2D eigenvalue weighted by molar-refractivity contribution is 7.86. The van der Waals surface area contributed by atoms with Crippen LogP contribution >= 0.6 is 11.6 Å². The van der Waals surface area contributed by atoms with Crippen molar-refractivity contribution in [2.75, 3.05) is 16.8 Å². The molecule has 0 aliphatic heterocycles. The van der Waals surface area contributed by atoms with Gasteiger partial charge in [-0.05, 0) is 31.0 Å². The number of nitrogens with two attached hydrogens (primary N) is 1. The van der Waals surface area contributed by atoms with Crippen LogP contribution in [0, 0.1) is 5.92 Å². The summed E-state index contributed by atoms with van der Waals surface area (Å²) in [6.45, 7) is 5.75. The molecule has 0 spiro atoms. The Kier molecular flexibility index (Phi) is 6.49. The summed E-state index contributed by atoms with van der Waals surface area (Å²) in [7, 11) is -1.18. The Hall–Kier alpha value is -1.07. The molecule has 112 valence electrons. The molecule has 6 heteroatoms. The standard InChI is InChI=1S/C14H21ClN2O2S/c1-4-9(2)8-20(19)10(3)14(18)17-11-5-6-12(15)13(16)7-11/h5-7,9-10H,4,8,16H2,1-3H3,(H,17,18). The first-order chi connectivity index (χ1) is 9.35. The van der Waals surface area contributed by atoms with E-state index in [-0.39, 0.29) is 5.91 Å². The van der Waals surface area contributed by atoms with Gasteiger partial charge in [0, 0.05) is 22.2 Å². The fraction of sp³-hybridized carbons (Fsp3) is 0.500. The van der Waals surface area contributed by atoms with E-state index in [2.05, 4.69) is 5.32 Å². The molecule has 4 nitrogen and oxygen atoms in total. The fourth-order valence-electron chi connectivity index (χ4n) is 1.53. The first kappa shape index (κ1) is 17.0. The Balaban J connectivity index is 2.65.